The van der Waals surface area contributed by atoms with Crippen molar-refractivity contribution in [1.82, 2.24) is 0 Å². The fourth-order valence-electron chi connectivity index (χ4n) is 1.82. The number of aromatic hydroxyl groups is 1. The third kappa shape index (κ3) is 3.17. The van der Waals surface area contributed by atoms with Crippen LogP contribution < -0.4 is 15.0 Å². The molecule has 3 N–H and O–H groups in total. The van der Waals surface area contributed by atoms with Gasteiger partial charge in [-0.25, -0.2) is 4.98 Å². The Balaban J connectivity index is 2.14. The van der Waals surface area contributed by atoms with Crippen molar-refractivity contribution in [2.24, 2.45) is 0 Å². The Morgan fingerprint density at radius 1 is 1.42 bits per heavy atom. The highest BCUT2D eigenvalue weighted by Gasteiger charge is 2.11. The average molecular weight is 324 g/mol. The number of phenolic OH excluding ortho intramolecular Hbond substituents is 1. The molecule has 0 fully saturated rings. The van der Waals surface area contributed by atoms with Gasteiger partial charge in [0.15, 0.2) is 11.5 Å². The van der Waals surface area contributed by atoms with E-state index in [0.717, 1.165) is 21.4 Å². The Morgan fingerprint density at radius 3 is 2.89 bits per heavy atom. The zero-order valence-corrected chi connectivity index (χ0v) is 12.4. The number of aryl methyl sites for hydroxylation is 1. The van der Waals surface area contributed by atoms with Crippen LogP contribution in [0.25, 0.3) is 0 Å². The summed E-state index contributed by atoms with van der Waals surface area (Å²) in [5, 5.41) is 13.3. The number of aromatic amines is 1. The van der Waals surface area contributed by atoms with Crippen LogP contribution in [0.5, 0.6) is 11.5 Å². The van der Waals surface area contributed by atoms with Gasteiger partial charge in [0.1, 0.15) is 12.7 Å². The fourth-order valence-corrected chi connectivity index (χ4v) is 2.28. The predicted octanol–water partition coefficient (Wildman–Crippen LogP) is 2.90. The van der Waals surface area contributed by atoms with Gasteiger partial charge in [0.25, 0.3) is 5.82 Å². The molecule has 0 aliphatic carbocycles. The van der Waals surface area contributed by atoms with Gasteiger partial charge < -0.3 is 9.84 Å². The molecule has 1 heterocycles. The van der Waals surface area contributed by atoms with Crippen molar-refractivity contribution in [3.05, 3.63) is 46.1 Å². The van der Waals surface area contributed by atoms with E-state index in [-0.39, 0.29) is 5.75 Å². The van der Waals surface area contributed by atoms with Crippen molar-refractivity contribution < 1.29 is 14.8 Å². The molecule has 1 aromatic carbocycles. The number of methoxy groups -OCH3 is 1. The molecule has 19 heavy (non-hydrogen) atoms. The van der Waals surface area contributed by atoms with Gasteiger partial charge in [0, 0.05) is 11.1 Å². The van der Waals surface area contributed by atoms with E-state index in [4.69, 9.17) is 4.74 Å². The van der Waals surface area contributed by atoms with Crippen molar-refractivity contribution >= 4 is 21.7 Å². The van der Waals surface area contributed by atoms with Crippen LogP contribution in [0.15, 0.2) is 34.9 Å². The number of phenols is 1. The van der Waals surface area contributed by atoms with Crippen LogP contribution in [0.2, 0.25) is 0 Å². The van der Waals surface area contributed by atoms with Crippen molar-refractivity contribution in [3.8, 4) is 11.5 Å². The highest BCUT2D eigenvalue weighted by atomic mass is 79.9. The average Bonchev–Trinajstić information content (AvgIpc) is 2.39. The van der Waals surface area contributed by atoms with Crippen LogP contribution in [0, 0.1) is 6.92 Å². The lowest BCUT2D eigenvalue weighted by Crippen LogP contribution is -2.14. The molecule has 2 aromatic rings. The molecule has 100 valence electrons. The minimum absolute atomic E-state index is 0.173. The Bertz CT molecular complexity index is 588. The Morgan fingerprint density at radius 2 is 2.21 bits per heavy atom. The van der Waals surface area contributed by atoms with Crippen LogP contribution in [-0.4, -0.2) is 12.2 Å². The molecule has 0 saturated heterocycles. The Kier molecular flexibility index (Phi) is 4.27. The van der Waals surface area contributed by atoms with Crippen molar-refractivity contribution in [2.75, 3.05) is 12.4 Å². The van der Waals surface area contributed by atoms with E-state index in [2.05, 4.69) is 26.2 Å². The molecule has 2 rings (SSSR count). The third-order valence-electron chi connectivity index (χ3n) is 2.86. The Labute approximate surface area is 120 Å². The quantitative estimate of drug-likeness (QED) is 0.909. The van der Waals surface area contributed by atoms with Gasteiger partial charge in [-0.05, 0) is 35.0 Å². The second kappa shape index (κ2) is 5.93. The lowest BCUT2D eigenvalue weighted by atomic mass is 10.2. The molecule has 0 aliphatic heterocycles. The number of pyridine rings is 1. The maximum absolute atomic E-state index is 10.00. The number of para-hydroxylation sites is 1. The molecule has 0 spiro atoms. The summed E-state index contributed by atoms with van der Waals surface area (Å²) in [4.78, 5) is 3.15. The zero-order valence-electron chi connectivity index (χ0n) is 10.8. The molecule has 5 heteroatoms. The van der Waals surface area contributed by atoms with Gasteiger partial charge in [-0.3, -0.25) is 5.32 Å². The van der Waals surface area contributed by atoms with E-state index in [1.807, 2.05) is 31.3 Å². The van der Waals surface area contributed by atoms with Crippen LogP contribution in [0.1, 0.15) is 11.1 Å². The lowest BCUT2D eigenvalue weighted by molar-refractivity contribution is -0.362. The van der Waals surface area contributed by atoms with Gasteiger partial charge in [0.05, 0.1) is 11.6 Å². The molecule has 0 unspecified atom stereocenters. The summed E-state index contributed by atoms with van der Waals surface area (Å²) in [7, 11) is 1.54. The number of anilines is 1. The number of ether oxygens (including phenoxy) is 1. The van der Waals surface area contributed by atoms with E-state index in [1.54, 1.807) is 13.2 Å². The van der Waals surface area contributed by atoms with E-state index in [0.29, 0.717) is 12.3 Å². The molecule has 0 radical (unpaired) electrons. The topological polar surface area (TPSA) is 55.6 Å². The number of aromatic nitrogens is 1. The Hall–Kier alpha value is -1.75. The fraction of sp³-hybridized carbons (Fsp3) is 0.214. The largest absolute Gasteiger partial charge is 0.504 e. The summed E-state index contributed by atoms with van der Waals surface area (Å²) in [5.74, 6) is 1.58. The normalized spacial score (nSPS) is 10.3. The number of hydrogen-bond acceptors (Lipinski definition) is 3. The zero-order chi connectivity index (χ0) is 13.8. The molecular formula is C14H16BrN2O2+. The standard InChI is InChI=1S/C14H15BrN2O2/c1-9-6-11(15)8-17-14(9)16-7-10-4-3-5-12(19-2)13(10)18/h3-6,8,18H,7H2,1-2H3,(H,16,17)/p+1. The minimum Gasteiger partial charge on any atom is -0.504 e. The van der Waals surface area contributed by atoms with E-state index in [9.17, 15) is 5.11 Å². The maximum atomic E-state index is 10.00. The van der Waals surface area contributed by atoms with Gasteiger partial charge in [-0.1, -0.05) is 12.1 Å². The summed E-state index contributed by atoms with van der Waals surface area (Å²) in [6.07, 6.45) is 1.86. The van der Waals surface area contributed by atoms with Crippen LogP contribution >= 0.6 is 15.9 Å². The number of rotatable bonds is 4. The predicted molar refractivity (Wildman–Crippen MR) is 77.4 cm³/mol. The summed E-state index contributed by atoms with van der Waals surface area (Å²) < 4.78 is 6.09. The summed E-state index contributed by atoms with van der Waals surface area (Å²) in [5.41, 5.74) is 1.88. The molecule has 1 aromatic heterocycles. The van der Waals surface area contributed by atoms with Crippen molar-refractivity contribution in [1.29, 1.82) is 0 Å². The van der Waals surface area contributed by atoms with Gasteiger partial charge in [0.2, 0.25) is 0 Å². The number of halogens is 1. The summed E-state index contributed by atoms with van der Waals surface area (Å²) in [6, 6.07) is 7.47. The second-order valence-corrected chi connectivity index (χ2v) is 5.11. The first kappa shape index (κ1) is 13.7. The molecule has 0 atom stereocenters. The number of hydrogen-bond donors (Lipinski definition) is 2. The lowest BCUT2D eigenvalue weighted by Gasteiger charge is -2.08. The highest BCUT2D eigenvalue weighted by Crippen LogP contribution is 2.29. The molecule has 0 aliphatic rings. The number of nitrogens with one attached hydrogen (secondary N) is 2. The second-order valence-electron chi connectivity index (χ2n) is 4.20. The van der Waals surface area contributed by atoms with Gasteiger partial charge in [-0.15, -0.1) is 0 Å². The van der Waals surface area contributed by atoms with E-state index >= 15 is 0 Å². The SMILES string of the molecule is COc1cccc(CNc2[nH+]cc(Br)cc2C)c1O. The monoisotopic (exact) mass is 323 g/mol. The molecule has 0 bridgehead atoms. The van der Waals surface area contributed by atoms with E-state index < -0.39 is 0 Å². The third-order valence-corrected chi connectivity index (χ3v) is 3.32. The first-order valence-corrected chi connectivity index (χ1v) is 6.67. The summed E-state index contributed by atoms with van der Waals surface area (Å²) >= 11 is 3.41. The van der Waals surface area contributed by atoms with Crippen molar-refractivity contribution in [2.45, 2.75) is 13.5 Å². The first-order chi connectivity index (χ1) is 9.11. The molecule has 0 saturated carbocycles. The molecule has 0 amide bonds. The highest BCUT2D eigenvalue weighted by molar-refractivity contribution is 9.10. The van der Waals surface area contributed by atoms with Crippen LogP contribution in [0.3, 0.4) is 0 Å². The number of benzene rings is 1. The first-order valence-electron chi connectivity index (χ1n) is 5.88. The van der Waals surface area contributed by atoms with Gasteiger partial charge in [-0.2, -0.15) is 0 Å². The smallest absolute Gasteiger partial charge is 0.275 e. The van der Waals surface area contributed by atoms with Crippen LogP contribution in [0.4, 0.5) is 5.82 Å². The maximum Gasteiger partial charge on any atom is 0.275 e. The van der Waals surface area contributed by atoms with E-state index in [1.165, 1.54) is 0 Å². The van der Waals surface area contributed by atoms with Gasteiger partial charge >= 0.3 is 0 Å². The minimum atomic E-state index is 0.173. The summed E-state index contributed by atoms with van der Waals surface area (Å²) in [6.45, 7) is 2.52. The van der Waals surface area contributed by atoms with Crippen LogP contribution in [-0.2, 0) is 6.54 Å². The molecular weight excluding hydrogens is 308 g/mol. The van der Waals surface area contributed by atoms with Crippen molar-refractivity contribution in [3.63, 3.8) is 0 Å². The number of H-pyrrole nitrogens is 1. The molecule has 4 nitrogen and oxygen atoms in total.